The zero-order valence-corrected chi connectivity index (χ0v) is 15.8. The molecule has 0 radical (unpaired) electrons. The third-order valence-electron chi connectivity index (χ3n) is 5.74. The molecule has 27 heavy (non-hydrogen) atoms. The van der Waals surface area contributed by atoms with Crippen LogP contribution in [0, 0.1) is 0 Å². The number of hydrogen-bond donors (Lipinski definition) is 0. The molecule has 142 valence electrons. The molecule has 2 fully saturated rings. The summed E-state index contributed by atoms with van der Waals surface area (Å²) in [6.45, 7) is 4.30. The number of rotatable bonds is 5. The molecule has 4 rings (SSSR count). The lowest BCUT2D eigenvalue weighted by Crippen LogP contribution is -2.42. The lowest BCUT2D eigenvalue weighted by atomic mass is 9.91. The zero-order chi connectivity index (χ0) is 18.5. The highest BCUT2D eigenvalue weighted by molar-refractivity contribution is 5.94. The van der Waals surface area contributed by atoms with Gasteiger partial charge in [-0.2, -0.15) is 0 Å². The van der Waals surface area contributed by atoms with Crippen LogP contribution in [0.1, 0.15) is 41.6 Å². The fourth-order valence-corrected chi connectivity index (χ4v) is 3.90. The summed E-state index contributed by atoms with van der Waals surface area (Å²) in [6, 6.07) is 18.4. The Morgan fingerprint density at radius 2 is 1.78 bits per heavy atom. The lowest BCUT2D eigenvalue weighted by molar-refractivity contribution is 0.0749. The molecule has 2 aliphatic rings. The summed E-state index contributed by atoms with van der Waals surface area (Å²) in [5.41, 5.74) is 1.84. The first-order valence-corrected chi connectivity index (χ1v) is 10.1. The van der Waals surface area contributed by atoms with Crippen molar-refractivity contribution in [2.24, 2.45) is 0 Å². The Hall–Kier alpha value is -2.33. The number of ether oxygens (including phenoxy) is 1. The summed E-state index contributed by atoms with van der Waals surface area (Å²) in [5, 5.41) is 0. The molecule has 0 bridgehead atoms. The molecule has 0 N–H and O–H groups in total. The molecule has 0 atom stereocenters. The minimum absolute atomic E-state index is 0.121. The maximum Gasteiger partial charge on any atom is 0.254 e. The molecule has 1 amide bonds. The number of amides is 1. The summed E-state index contributed by atoms with van der Waals surface area (Å²) in [7, 11) is 0. The van der Waals surface area contributed by atoms with Crippen LogP contribution in [-0.2, 0) is 6.61 Å². The molecule has 0 spiro atoms. The van der Waals surface area contributed by atoms with Crippen LogP contribution in [0.25, 0.3) is 0 Å². The summed E-state index contributed by atoms with van der Waals surface area (Å²) < 4.78 is 5.89. The van der Waals surface area contributed by atoms with Crippen molar-refractivity contribution >= 4 is 5.91 Å². The zero-order valence-electron chi connectivity index (χ0n) is 15.8. The van der Waals surface area contributed by atoms with Crippen LogP contribution in [-0.4, -0.2) is 47.9 Å². The van der Waals surface area contributed by atoms with Crippen LogP contribution in [0.5, 0.6) is 5.75 Å². The number of nitrogens with zero attached hydrogens (tertiary/aromatic N) is 2. The number of hydrogen-bond acceptors (Lipinski definition) is 3. The van der Waals surface area contributed by atoms with Gasteiger partial charge in [0.1, 0.15) is 12.4 Å². The Kier molecular flexibility index (Phi) is 5.73. The summed E-state index contributed by atoms with van der Waals surface area (Å²) >= 11 is 0. The van der Waals surface area contributed by atoms with Crippen LogP contribution in [0.2, 0.25) is 0 Å². The molecule has 0 aromatic heterocycles. The monoisotopic (exact) mass is 364 g/mol. The van der Waals surface area contributed by atoms with Gasteiger partial charge in [-0.15, -0.1) is 0 Å². The van der Waals surface area contributed by atoms with E-state index in [0.29, 0.717) is 6.61 Å². The number of carbonyl (C=O) groups is 1. The maximum absolute atomic E-state index is 13.0. The van der Waals surface area contributed by atoms with Gasteiger partial charge in [0.2, 0.25) is 0 Å². The van der Waals surface area contributed by atoms with Gasteiger partial charge < -0.3 is 9.64 Å². The number of carbonyl (C=O) groups excluding carboxylic acids is 1. The second kappa shape index (κ2) is 8.57. The molecule has 1 heterocycles. The van der Waals surface area contributed by atoms with Gasteiger partial charge in [0, 0.05) is 37.8 Å². The van der Waals surface area contributed by atoms with E-state index in [4.69, 9.17) is 4.74 Å². The molecule has 1 aliphatic heterocycles. The normalized spacial score (nSPS) is 18.6. The van der Waals surface area contributed by atoms with Crippen molar-refractivity contribution in [3.63, 3.8) is 0 Å². The fraction of sp³-hybridized carbons (Fsp3) is 0.435. The fourth-order valence-electron chi connectivity index (χ4n) is 3.90. The van der Waals surface area contributed by atoms with E-state index in [9.17, 15) is 4.79 Å². The van der Waals surface area contributed by atoms with E-state index in [2.05, 4.69) is 4.90 Å². The lowest BCUT2D eigenvalue weighted by Gasteiger charge is -2.36. The first kappa shape index (κ1) is 18.1. The highest BCUT2D eigenvalue weighted by Crippen LogP contribution is 2.26. The third-order valence-corrected chi connectivity index (χ3v) is 5.74. The van der Waals surface area contributed by atoms with Gasteiger partial charge >= 0.3 is 0 Å². The minimum Gasteiger partial charge on any atom is -0.489 e. The standard InChI is InChI=1S/C23H28N2O2/c26-23(25-14-6-13-24(15-16-25)21-10-5-11-21)20-9-4-12-22(17-20)27-18-19-7-2-1-3-8-19/h1-4,7-9,12,17,21H,5-6,10-11,13-16,18H2. The minimum atomic E-state index is 0.121. The van der Waals surface area contributed by atoms with Crippen LogP contribution >= 0.6 is 0 Å². The van der Waals surface area contributed by atoms with Gasteiger partial charge in [0.05, 0.1) is 0 Å². The average molecular weight is 364 g/mol. The topological polar surface area (TPSA) is 32.8 Å². The van der Waals surface area contributed by atoms with Gasteiger partial charge in [-0.05, 0) is 43.0 Å². The second-order valence-electron chi connectivity index (χ2n) is 7.57. The molecule has 4 heteroatoms. The predicted octanol–water partition coefficient (Wildman–Crippen LogP) is 3.97. The Morgan fingerprint density at radius 1 is 0.926 bits per heavy atom. The van der Waals surface area contributed by atoms with E-state index < -0.39 is 0 Å². The number of benzene rings is 2. The van der Waals surface area contributed by atoms with Crippen LogP contribution in [0.15, 0.2) is 54.6 Å². The van der Waals surface area contributed by atoms with Crippen LogP contribution in [0.4, 0.5) is 0 Å². The van der Waals surface area contributed by atoms with Gasteiger partial charge in [-0.3, -0.25) is 9.69 Å². The van der Waals surface area contributed by atoms with Crippen molar-refractivity contribution in [2.45, 2.75) is 38.3 Å². The van der Waals surface area contributed by atoms with E-state index in [-0.39, 0.29) is 5.91 Å². The molecule has 1 saturated heterocycles. The van der Waals surface area contributed by atoms with Gasteiger partial charge in [0.15, 0.2) is 0 Å². The summed E-state index contributed by atoms with van der Waals surface area (Å²) in [6.07, 6.45) is 5.08. The van der Waals surface area contributed by atoms with Crippen molar-refractivity contribution in [1.29, 1.82) is 0 Å². The molecule has 2 aromatic rings. The van der Waals surface area contributed by atoms with Crippen molar-refractivity contribution < 1.29 is 9.53 Å². The van der Waals surface area contributed by atoms with Gasteiger partial charge in [0.25, 0.3) is 5.91 Å². The highest BCUT2D eigenvalue weighted by atomic mass is 16.5. The molecular formula is C23H28N2O2. The molecule has 1 aliphatic carbocycles. The molecule has 0 unspecified atom stereocenters. The van der Waals surface area contributed by atoms with Crippen molar-refractivity contribution in [3.8, 4) is 5.75 Å². The van der Waals surface area contributed by atoms with Crippen molar-refractivity contribution in [3.05, 3.63) is 65.7 Å². The molecule has 2 aromatic carbocycles. The Balaban J connectivity index is 1.36. The van der Waals surface area contributed by atoms with Crippen LogP contribution < -0.4 is 4.74 Å². The van der Waals surface area contributed by atoms with E-state index >= 15 is 0 Å². The molecular weight excluding hydrogens is 336 g/mol. The third kappa shape index (κ3) is 4.51. The largest absolute Gasteiger partial charge is 0.489 e. The Morgan fingerprint density at radius 3 is 2.56 bits per heavy atom. The van der Waals surface area contributed by atoms with E-state index in [1.165, 1.54) is 19.3 Å². The van der Waals surface area contributed by atoms with E-state index in [1.54, 1.807) is 0 Å². The highest BCUT2D eigenvalue weighted by Gasteiger charge is 2.28. The first-order chi connectivity index (χ1) is 13.3. The van der Waals surface area contributed by atoms with Crippen molar-refractivity contribution in [1.82, 2.24) is 9.80 Å². The van der Waals surface area contributed by atoms with Crippen LogP contribution in [0.3, 0.4) is 0 Å². The maximum atomic E-state index is 13.0. The smallest absolute Gasteiger partial charge is 0.254 e. The summed E-state index contributed by atoms with van der Waals surface area (Å²) in [4.78, 5) is 17.6. The van der Waals surface area contributed by atoms with E-state index in [1.807, 2.05) is 59.5 Å². The molecule has 4 nitrogen and oxygen atoms in total. The second-order valence-corrected chi connectivity index (χ2v) is 7.57. The van der Waals surface area contributed by atoms with Crippen molar-refractivity contribution in [2.75, 3.05) is 26.2 Å². The Labute approximate surface area is 161 Å². The average Bonchev–Trinajstić information content (AvgIpc) is 2.92. The first-order valence-electron chi connectivity index (χ1n) is 10.1. The SMILES string of the molecule is O=C(c1cccc(OCc2ccccc2)c1)N1CCCN(C2CCC2)CC1. The van der Waals surface area contributed by atoms with Gasteiger partial charge in [-0.1, -0.05) is 42.8 Å². The quantitative estimate of drug-likeness (QED) is 0.805. The van der Waals surface area contributed by atoms with E-state index in [0.717, 1.165) is 55.5 Å². The summed E-state index contributed by atoms with van der Waals surface area (Å²) in [5.74, 6) is 0.867. The predicted molar refractivity (Wildman–Crippen MR) is 107 cm³/mol. The van der Waals surface area contributed by atoms with Gasteiger partial charge in [-0.25, -0.2) is 0 Å². The molecule has 1 saturated carbocycles. The Bertz CT molecular complexity index is 758.